The summed E-state index contributed by atoms with van der Waals surface area (Å²) >= 11 is 0. The van der Waals surface area contributed by atoms with Crippen LogP contribution in [0.4, 0.5) is 14.5 Å². The Balaban J connectivity index is 1.66. The van der Waals surface area contributed by atoms with Crippen LogP contribution >= 0.6 is 0 Å². The molecule has 0 aromatic carbocycles. The third-order valence-corrected chi connectivity index (χ3v) is 8.48. The molecule has 0 amide bonds. The van der Waals surface area contributed by atoms with Crippen molar-refractivity contribution in [3.8, 4) is 0 Å². The number of halogens is 2. The van der Waals surface area contributed by atoms with Gasteiger partial charge in [-0.1, -0.05) is 20.8 Å². The molecule has 0 unspecified atom stereocenters. The molecular weight excluding hydrogens is 520 g/mol. The molecule has 210 valence electrons. The summed E-state index contributed by atoms with van der Waals surface area (Å²) < 4.78 is 61.1. The lowest BCUT2D eigenvalue weighted by molar-refractivity contribution is -0.145. The van der Waals surface area contributed by atoms with Crippen LogP contribution in [0.3, 0.4) is 0 Å². The van der Waals surface area contributed by atoms with Gasteiger partial charge in [-0.2, -0.15) is 13.9 Å². The summed E-state index contributed by atoms with van der Waals surface area (Å²) in [6.45, 7) is 6.35. The summed E-state index contributed by atoms with van der Waals surface area (Å²) in [6.07, 6.45) is 3.05. The molecule has 4 rings (SSSR count). The van der Waals surface area contributed by atoms with Crippen LogP contribution in [-0.2, 0) is 32.4 Å². The first-order chi connectivity index (χ1) is 17.7. The summed E-state index contributed by atoms with van der Waals surface area (Å²) in [6, 6.07) is 1.61. The number of aromatic nitrogens is 3. The lowest BCUT2D eigenvalue weighted by Crippen LogP contribution is -2.44. The molecule has 0 spiro atoms. The minimum absolute atomic E-state index is 0.0356. The van der Waals surface area contributed by atoms with Gasteiger partial charge in [0.1, 0.15) is 4.90 Å². The van der Waals surface area contributed by atoms with Crippen molar-refractivity contribution in [2.75, 3.05) is 37.1 Å². The zero-order valence-corrected chi connectivity index (χ0v) is 22.9. The van der Waals surface area contributed by atoms with E-state index in [2.05, 4.69) is 15.0 Å². The minimum Gasteiger partial charge on any atom is -0.465 e. The molecule has 1 saturated heterocycles. The van der Waals surface area contributed by atoms with Gasteiger partial charge >= 0.3 is 12.5 Å². The number of pyridine rings is 1. The van der Waals surface area contributed by atoms with Gasteiger partial charge in [-0.05, 0) is 42.7 Å². The fraction of sp³-hybridized carbons (Fsp3) is 0.640. The van der Waals surface area contributed by atoms with Gasteiger partial charge in [0.2, 0.25) is 0 Å². The number of aliphatic hydroxyl groups excluding tert-OH is 1. The van der Waals surface area contributed by atoms with Crippen molar-refractivity contribution >= 4 is 21.7 Å². The number of aryl methyl sites for hydroxylation is 1. The van der Waals surface area contributed by atoms with Crippen molar-refractivity contribution in [1.29, 1.82) is 0 Å². The van der Waals surface area contributed by atoms with E-state index in [9.17, 15) is 27.1 Å². The molecule has 2 aliphatic rings. The number of hydrogen-bond donors (Lipinski definition) is 1. The molecule has 2 atom stereocenters. The molecule has 0 bridgehead atoms. The number of esters is 1. The monoisotopic (exact) mass is 555 g/mol. The van der Waals surface area contributed by atoms with E-state index in [4.69, 9.17) is 4.74 Å². The summed E-state index contributed by atoms with van der Waals surface area (Å²) in [5, 5.41) is 13.6. The number of hydrogen-bond acceptors (Lipinski definition) is 8. The number of anilines is 1. The minimum atomic E-state index is -4.28. The number of sulfonamides is 1. The van der Waals surface area contributed by atoms with E-state index in [0.717, 1.165) is 6.20 Å². The first-order valence-electron chi connectivity index (χ1n) is 12.6. The highest BCUT2D eigenvalue weighted by Gasteiger charge is 2.38. The molecule has 1 fully saturated rings. The molecule has 2 aliphatic heterocycles. The maximum Gasteiger partial charge on any atom is 0.333 e. The van der Waals surface area contributed by atoms with Crippen LogP contribution in [0.15, 0.2) is 23.4 Å². The maximum atomic E-state index is 13.8. The fourth-order valence-corrected chi connectivity index (χ4v) is 6.53. The SMILES string of the molecule is Cc1nn(C(F)F)cc1S(=O)(=O)N1C[C@@H](CN2CC[C@@H](O)C2)Cc2ncc(CC(=O)OCC(C)(C)C)cc21. The predicted octanol–water partition coefficient (Wildman–Crippen LogP) is 2.55. The highest BCUT2D eigenvalue weighted by atomic mass is 32.2. The number of carbonyl (C=O) groups is 1. The van der Waals surface area contributed by atoms with Crippen LogP contribution in [0, 0.1) is 18.3 Å². The quantitative estimate of drug-likeness (QED) is 0.494. The Kier molecular flexibility index (Phi) is 8.10. The average Bonchev–Trinajstić information content (AvgIpc) is 3.42. The molecule has 2 aromatic rings. The number of likely N-dealkylation sites (tertiary alicyclic amines) is 1. The molecule has 0 radical (unpaired) electrons. The van der Waals surface area contributed by atoms with Gasteiger partial charge in [-0.3, -0.25) is 14.1 Å². The highest BCUT2D eigenvalue weighted by molar-refractivity contribution is 7.92. The topological polar surface area (TPSA) is 118 Å². The number of aliphatic hydroxyl groups is 1. The average molecular weight is 556 g/mol. The van der Waals surface area contributed by atoms with Crippen molar-refractivity contribution in [2.24, 2.45) is 11.3 Å². The largest absolute Gasteiger partial charge is 0.465 e. The number of ether oxygens (including phenoxy) is 1. The smallest absolute Gasteiger partial charge is 0.333 e. The van der Waals surface area contributed by atoms with E-state index in [1.165, 1.54) is 11.2 Å². The van der Waals surface area contributed by atoms with E-state index in [0.29, 0.717) is 54.1 Å². The lowest BCUT2D eigenvalue weighted by Gasteiger charge is -2.36. The highest BCUT2D eigenvalue weighted by Crippen LogP contribution is 2.35. The van der Waals surface area contributed by atoms with Gasteiger partial charge in [-0.15, -0.1) is 0 Å². The van der Waals surface area contributed by atoms with Crippen LogP contribution < -0.4 is 4.31 Å². The van der Waals surface area contributed by atoms with Crippen LogP contribution in [-0.4, -0.2) is 78.0 Å². The summed E-state index contributed by atoms with van der Waals surface area (Å²) in [5.74, 6) is -0.588. The maximum absolute atomic E-state index is 13.8. The van der Waals surface area contributed by atoms with Gasteiger partial charge in [0.15, 0.2) is 0 Å². The summed E-state index contributed by atoms with van der Waals surface area (Å²) in [5.41, 5.74) is 1.11. The summed E-state index contributed by atoms with van der Waals surface area (Å²) in [4.78, 5) is 18.7. The molecule has 0 aliphatic carbocycles. The Morgan fingerprint density at radius 3 is 2.63 bits per heavy atom. The van der Waals surface area contributed by atoms with Gasteiger partial charge in [0.25, 0.3) is 10.0 Å². The molecule has 38 heavy (non-hydrogen) atoms. The Hall–Kier alpha value is -2.64. The zero-order chi connectivity index (χ0) is 27.8. The Morgan fingerprint density at radius 1 is 1.29 bits per heavy atom. The summed E-state index contributed by atoms with van der Waals surface area (Å²) in [7, 11) is -4.28. The van der Waals surface area contributed by atoms with Crippen molar-refractivity contribution in [2.45, 2.75) is 64.5 Å². The van der Waals surface area contributed by atoms with Gasteiger partial charge in [-0.25, -0.2) is 13.1 Å². The Labute approximate surface area is 221 Å². The third kappa shape index (κ3) is 6.49. The second kappa shape index (κ2) is 10.9. The lowest BCUT2D eigenvalue weighted by atomic mass is 9.96. The number of β-amino-alcohol motifs (C(OH)–C–C–N with tert-alkyl or cyclic N) is 1. The van der Waals surface area contributed by atoms with Gasteiger partial charge in [0.05, 0.1) is 42.4 Å². The molecule has 0 saturated carbocycles. The number of alkyl halides is 2. The van der Waals surface area contributed by atoms with Gasteiger partial charge < -0.3 is 14.7 Å². The van der Waals surface area contributed by atoms with Crippen LogP contribution in [0.25, 0.3) is 0 Å². The molecular formula is C25H35F2N5O5S. The predicted molar refractivity (Wildman–Crippen MR) is 135 cm³/mol. The van der Waals surface area contributed by atoms with E-state index < -0.39 is 28.6 Å². The zero-order valence-electron chi connectivity index (χ0n) is 22.1. The van der Waals surface area contributed by atoms with Crippen molar-refractivity contribution in [1.82, 2.24) is 19.7 Å². The second-order valence-electron chi connectivity index (χ2n) is 11.4. The molecule has 10 nitrogen and oxygen atoms in total. The van der Waals surface area contributed by atoms with Crippen molar-refractivity contribution in [3.63, 3.8) is 0 Å². The van der Waals surface area contributed by atoms with Crippen LogP contribution in [0.5, 0.6) is 0 Å². The normalized spacial score (nSPS) is 20.7. The standard InChI is InChI=1S/C25H35F2N5O5S/c1-16-22(14-31(29-16)24(26)27)38(35,36)32-12-18(11-30-6-5-19(33)13-30)7-20-21(32)8-17(10-28-20)9-23(34)37-15-25(2,3)4/h8,10,14,18-19,24,33H,5-7,9,11-13,15H2,1-4H3/t18-,19-/m1/s1. The third-order valence-electron chi connectivity index (χ3n) is 6.60. The first-order valence-corrected chi connectivity index (χ1v) is 14.1. The van der Waals surface area contributed by atoms with E-state index >= 15 is 0 Å². The van der Waals surface area contributed by atoms with Gasteiger partial charge in [0, 0.05) is 32.4 Å². The second-order valence-corrected chi connectivity index (χ2v) is 13.2. The van der Waals surface area contributed by atoms with E-state index in [-0.39, 0.29) is 41.5 Å². The first kappa shape index (κ1) is 28.4. The molecule has 13 heteroatoms. The molecule has 4 heterocycles. The number of rotatable bonds is 8. The molecule has 1 N–H and O–H groups in total. The van der Waals surface area contributed by atoms with Crippen LogP contribution in [0.1, 0.15) is 50.7 Å². The number of carbonyl (C=O) groups excluding carboxylic acids is 1. The van der Waals surface area contributed by atoms with E-state index in [1.54, 1.807) is 12.3 Å². The Morgan fingerprint density at radius 2 is 2.03 bits per heavy atom. The number of nitrogens with zero attached hydrogens (tertiary/aromatic N) is 5. The molecule has 2 aromatic heterocycles. The van der Waals surface area contributed by atoms with E-state index in [1.807, 2.05) is 20.8 Å². The number of fused-ring (bicyclic) bond motifs is 1. The van der Waals surface area contributed by atoms with Crippen molar-refractivity contribution in [3.05, 3.63) is 35.4 Å². The van der Waals surface area contributed by atoms with Crippen molar-refractivity contribution < 1.29 is 31.8 Å². The Bertz CT molecular complexity index is 1280. The van der Waals surface area contributed by atoms with Crippen LogP contribution in [0.2, 0.25) is 0 Å². The fourth-order valence-electron chi connectivity index (χ4n) is 4.81.